The number of carbonyl (C=O) groups excluding carboxylic acids is 2. The summed E-state index contributed by atoms with van der Waals surface area (Å²) in [7, 11) is 0. The quantitative estimate of drug-likeness (QED) is 0.761. The lowest BCUT2D eigenvalue weighted by Crippen LogP contribution is -2.47. The van der Waals surface area contributed by atoms with E-state index in [1.54, 1.807) is 0 Å². The van der Waals surface area contributed by atoms with Crippen LogP contribution in [0, 0.1) is 23.2 Å². The van der Waals surface area contributed by atoms with Crippen LogP contribution in [0.2, 0.25) is 0 Å². The lowest BCUT2D eigenvalue weighted by molar-refractivity contribution is -0.136. The minimum Gasteiger partial charge on any atom is -0.355 e. The molecule has 1 aliphatic heterocycles. The highest BCUT2D eigenvalue weighted by atomic mass is 16.2. The Bertz CT molecular complexity index is 386. The molecule has 0 bridgehead atoms. The second kappa shape index (κ2) is 5.74. The number of rotatable bonds is 2. The first-order valence-corrected chi connectivity index (χ1v) is 7.89. The summed E-state index contributed by atoms with van der Waals surface area (Å²) in [6.45, 7) is 9.10. The van der Waals surface area contributed by atoms with Gasteiger partial charge in [0, 0.05) is 18.5 Å². The molecule has 4 heteroatoms. The molecule has 0 radical (unpaired) electrons. The van der Waals surface area contributed by atoms with Crippen LogP contribution in [0.5, 0.6) is 0 Å². The summed E-state index contributed by atoms with van der Waals surface area (Å²) in [6.07, 6.45) is 4.64. The first-order chi connectivity index (χ1) is 9.30. The first-order valence-electron chi connectivity index (χ1n) is 7.89. The maximum atomic E-state index is 12.6. The van der Waals surface area contributed by atoms with Gasteiger partial charge in [-0.1, -0.05) is 40.5 Å². The van der Waals surface area contributed by atoms with Gasteiger partial charge in [-0.3, -0.25) is 9.59 Å². The second-order valence-corrected chi connectivity index (χ2v) is 7.57. The Balaban J connectivity index is 2.04. The van der Waals surface area contributed by atoms with E-state index in [4.69, 9.17) is 0 Å². The Hall–Kier alpha value is -1.06. The zero-order valence-electron chi connectivity index (χ0n) is 13.2. The highest BCUT2D eigenvalue weighted by molar-refractivity contribution is 6.02. The lowest BCUT2D eigenvalue weighted by Gasteiger charge is -2.33. The van der Waals surface area contributed by atoms with Crippen LogP contribution in [0.4, 0.5) is 0 Å². The van der Waals surface area contributed by atoms with Gasteiger partial charge in [0.05, 0.1) is 0 Å². The predicted octanol–water partition coefficient (Wildman–Crippen LogP) is 2.09. The van der Waals surface area contributed by atoms with Crippen molar-refractivity contribution in [2.45, 2.75) is 59.4 Å². The molecule has 1 saturated heterocycles. The molecule has 2 fully saturated rings. The molecule has 2 amide bonds. The second-order valence-electron chi connectivity index (χ2n) is 7.57. The van der Waals surface area contributed by atoms with Crippen LogP contribution in [0.25, 0.3) is 0 Å². The third-order valence-corrected chi connectivity index (χ3v) is 5.02. The molecule has 0 aromatic carbocycles. The summed E-state index contributed by atoms with van der Waals surface area (Å²) < 4.78 is 0. The molecule has 4 nitrogen and oxygen atoms in total. The van der Waals surface area contributed by atoms with E-state index in [-0.39, 0.29) is 29.2 Å². The summed E-state index contributed by atoms with van der Waals surface area (Å²) in [6, 6.07) is 0.241. The normalized spacial score (nSPS) is 34.7. The molecule has 0 spiro atoms. The Labute approximate surface area is 122 Å². The van der Waals surface area contributed by atoms with Crippen molar-refractivity contribution in [3.63, 3.8) is 0 Å². The van der Waals surface area contributed by atoms with Crippen LogP contribution in [0.15, 0.2) is 0 Å². The van der Waals surface area contributed by atoms with Gasteiger partial charge in [-0.15, -0.1) is 0 Å². The molecule has 1 saturated carbocycles. The molecule has 2 N–H and O–H groups in total. The van der Waals surface area contributed by atoms with Crippen molar-refractivity contribution in [3.8, 4) is 0 Å². The van der Waals surface area contributed by atoms with Crippen LogP contribution in [-0.4, -0.2) is 24.4 Å². The molecule has 1 heterocycles. The third kappa shape index (κ3) is 3.15. The van der Waals surface area contributed by atoms with Gasteiger partial charge >= 0.3 is 0 Å². The topological polar surface area (TPSA) is 58.2 Å². The zero-order valence-corrected chi connectivity index (χ0v) is 13.2. The van der Waals surface area contributed by atoms with Crippen molar-refractivity contribution in [2.24, 2.45) is 23.2 Å². The highest BCUT2D eigenvalue weighted by Crippen LogP contribution is 2.35. The molecular weight excluding hydrogens is 252 g/mol. The van der Waals surface area contributed by atoms with Crippen molar-refractivity contribution >= 4 is 11.8 Å². The van der Waals surface area contributed by atoms with Gasteiger partial charge in [-0.25, -0.2) is 0 Å². The molecule has 0 aromatic rings. The van der Waals surface area contributed by atoms with Crippen molar-refractivity contribution in [3.05, 3.63) is 0 Å². The predicted molar refractivity (Wildman–Crippen MR) is 79.0 cm³/mol. The number of hydrogen-bond donors (Lipinski definition) is 2. The largest absolute Gasteiger partial charge is 0.355 e. The van der Waals surface area contributed by atoms with Crippen molar-refractivity contribution in [1.29, 1.82) is 0 Å². The van der Waals surface area contributed by atoms with Crippen LogP contribution >= 0.6 is 0 Å². The maximum absolute atomic E-state index is 12.6. The molecular formula is C16H28N2O2. The van der Waals surface area contributed by atoms with Gasteiger partial charge in [0.1, 0.15) is 5.92 Å². The van der Waals surface area contributed by atoms with E-state index < -0.39 is 5.92 Å². The number of carbonyl (C=O) groups is 2. The van der Waals surface area contributed by atoms with E-state index in [0.717, 1.165) is 6.42 Å². The molecule has 1 aliphatic carbocycles. The summed E-state index contributed by atoms with van der Waals surface area (Å²) in [5.41, 5.74) is -0.0423. The van der Waals surface area contributed by atoms with Crippen molar-refractivity contribution in [1.82, 2.24) is 10.6 Å². The average Bonchev–Trinajstić information content (AvgIpc) is 2.74. The monoisotopic (exact) mass is 280 g/mol. The summed E-state index contributed by atoms with van der Waals surface area (Å²) in [5.74, 6) is -0.104. The van der Waals surface area contributed by atoms with E-state index in [1.807, 2.05) is 0 Å². The summed E-state index contributed by atoms with van der Waals surface area (Å²) >= 11 is 0. The Morgan fingerprint density at radius 2 is 1.90 bits per heavy atom. The van der Waals surface area contributed by atoms with Crippen LogP contribution in [0.3, 0.4) is 0 Å². The highest BCUT2D eigenvalue weighted by Gasteiger charge is 2.46. The fraction of sp³-hybridized carbons (Fsp3) is 0.875. The molecule has 0 unspecified atom stereocenters. The van der Waals surface area contributed by atoms with Gasteiger partial charge in [0.2, 0.25) is 11.8 Å². The smallest absolute Gasteiger partial charge is 0.233 e. The Morgan fingerprint density at radius 1 is 1.25 bits per heavy atom. The Kier molecular flexibility index (Phi) is 4.40. The van der Waals surface area contributed by atoms with Crippen molar-refractivity contribution < 1.29 is 9.59 Å². The minimum atomic E-state index is -0.524. The van der Waals surface area contributed by atoms with E-state index >= 15 is 0 Å². The minimum absolute atomic E-state index is 0.0423. The molecule has 114 valence electrons. The van der Waals surface area contributed by atoms with Crippen LogP contribution in [0.1, 0.15) is 53.4 Å². The standard InChI is InChI=1S/C16H28N2O2/c1-10-7-5-6-8-12(10)18-15(20)13-11(16(2,3)4)9-17-14(13)19/h10-13H,5-9H2,1-4H3,(H,17,19)(H,18,20)/t10-,11-,12+,13-/m1/s1. The van der Waals surface area contributed by atoms with Gasteiger partial charge < -0.3 is 10.6 Å². The van der Waals surface area contributed by atoms with Crippen LogP contribution < -0.4 is 10.6 Å². The summed E-state index contributed by atoms with van der Waals surface area (Å²) in [4.78, 5) is 24.6. The maximum Gasteiger partial charge on any atom is 0.233 e. The lowest BCUT2D eigenvalue weighted by atomic mass is 9.74. The number of amides is 2. The van der Waals surface area contributed by atoms with Gasteiger partial charge in [-0.2, -0.15) is 0 Å². The number of nitrogens with one attached hydrogen (secondary N) is 2. The molecule has 20 heavy (non-hydrogen) atoms. The van der Waals surface area contributed by atoms with Crippen LogP contribution in [-0.2, 0) is 9.59 Å². The van der Waals surface area contributed by atoms with E-state index in [0.29, 0.717) is 12.5 Å². The third-order valence-electron chi connectivity index (χ3n) is 5.02. The summed E-state index contributed by atoms with van der Waals surface area (Å²) in [5, 5.41) is 6.00. The van der Waals surface area contributed by atoms with Gasteiger partial charge in [-0.05, 0) is 24.2 Å². The molecule has 4 atom stereocenters. The van der Waals surface area contributed by atoms with E-state index in [9.17, 15) is 9.59 Å². The SMILES string of the molecule is C[C@@H]1CCCC[C@@H]1NC(=O)[C@H]1C(=O)NC[C@H]1C(C)(C)C. The zero-order chi connectivity index (χ0) is 14.9. The molecule has 2 rings (SSSR count). The van der Waals surface area contributed by atoms with E-state index in [1.165, 1.54) is 19.3 Å². The number of hydrogen-bond acceptors (Lipinski definition) is 2. The average molecular weight is 280 g/mol. The van der Waals surface area contributed by atoms with Crippen molar-refractivity contribution in [2.75, 3.05) is 6.54 Å². The first kappa shape index (κ1) is 15.3. The fourth-order valence-corrected chi connectivity index (χ4v) is 3.53. The Morgan fingerprint density at radius 3 is 2.50 bits per heavy atom. The fourth-order valence-electron chi connectivity index (χ4n) is 3.53. The van der Waals surface area contributed by atoms with Gasteiger partial charge in [0.25, 0.3) is 0 Å². The van der Waals surface area contributed by atoms with Gasteiger partial charge in [0.15, 0.2) is 0 Å². The van der Waals surface area contributed by atoms with E-state index in [2.05, 4.69) is 38.3 Å². The molecule has 0 aromatic heterocycles. The molecule has 2 aliphatic rings.